The summed E-state index contributed by atoms with van der Waals surface area (Å²) in [5, 5.41) is 0. The molecule has 0 spiro atoms. The van der Waals surface area contributed by atoms with Crippen molar-refractivity contribution in [1.29, 1.82) is 0 Å². The van der Waals surface area contributed by atoms with E-state index in [0.29, 0.717) is 0 Å². The summed E-state index contributed by atoms with van der Waals surface area (Å²) in [4.78, 5) is 0. The predicted octanol–water partition coefficient (Wildman–Crippen LogP) is 5.32. The zero-order valence-electron chi connectivity index (χ0n) is 14.0. The Morgan fingerprint density at radius 1 is 0.727 bits per heavy atom. The van der Waals surface area contributed by atoms with E-state index in [0.717, 1.165) is 6.54 Å². The van der Waals surface area contributed by atoms with E-state index in [1.165, 1.54) is 62.5 Å². The first kappa shape index (κ1) is 16.7. The van der Waals surface area contributed by atoms with Crippen LogP contribution in [-0.4, -0.2) is 0 Å². The average Bonchev–Trinajstić information content (AvgIpc) is 2.55. The maximum Gasteiger partial charge on any atom is 0.173 e. The van der Waals surface area contributed by atoms with Crippen molar-refractivity contribution >= 4 is 0 Å². The molecule has 0 saturated carbocycles. The second-order valence-corrected chi connectivity index (χ2v) is 6.24. The van der Waals surface area contributed by atoms with Crippen LogP contribution >= 0.6 is 0 Å². The Morgan fingerprint density at radius 3 is 2.18 bits per heavy atom. The van der Waals surface area contributed by atoms with Gasteiger partial charge in [-0.3, -0.25) is 0 Å². The van der Waals surface area contributed by atoms with Crippen LogP contribution in [0.1, 0.15) is 63.0 Å². The number of hydrogen-bond acceptors (Lipinski definition) is 0. The fraction of sp³-hybridized carbons (Fsp3) is 0.476. The molecule has 0 aliphatic carbocycles. The number of aromatic nitrogens is 1. The molecule has 1 heterocycles. The predicted molar refractivity (Wildman–Crippen MR) is 93.9 cm³/mol. The highest BCUT2D eigenvalue weighted by atomic mass is 14.9. The summed E-state index contributed by atoms with van der Waals surface area (Å²) in [6, 6.07) is 15.1. The van der Waals surface area contributed by atoms with Crippen LogP contribution in [0.3, 0.4) is 0 Å². The second kappa shape index (κ2) is 10.2. The van der Waals surface area contributed by atoms with Crippen molar-refractivity contribution in [2.45, 2.75) is 64.8 Å². The zero-order valence-corrected chi connectivity index (χ0v) is 14.0. The van der Waals surface area contributed by atoms with Gasteiger partial charge in [-0.25, -0.2) is 4.57 Å². The quantitative estimate of drug-likeness (QED) is 0.413. The van der Waals surface area contributed by atoms with Crippen LogP contribution in [0.15, 0.2) is 54.9 Å². The Morgan fingerprint density at radius 2 is 1.41 bits per heavy atom. The van der Waals surface area contributed by atoms with Crippen molar-refractivity contribution in [2.24, 2.45) is 0 Å². The number of benzene rings is 1. The van der Waals surface area contributed by atoms with Crippen LogP contribution in [0.25, 0.3) is 0 Å². The molecular formula is C21H30N+. The zero-order chi connectivity index (χ0) is 15.5. The molecule has 1 heteroatoms. The van der Waals surface area contributed by atoms with E-state index in [2.05, 4.69) is 66.3 Å². The SMILES string of the molecule is CCCCCCCCCc1ccc[n+](Cc2ccccc2)c1. The van der Waals surface area contributed by atoms with Gasteiger partial charge in [-0.1, -0.05) is 75.8 Å². The van der Waals surface area contributed by atoms with Gasteiger partial charge in [-0.05, 0) is 18.9 Å². The number of hydrogen-bond donors (Lipinski definition) is 0. The molecule has 0 amide bonds. The summed E-state index contributed by atoms with van der Waals surface area (Å²) in [6.07, 6.45) is 15.4. The van der Waals surface area contributed by atoms with Gasteiger partial charge in [0.2, 0.25) is 0 Å². The first-order valence-corrected chi connectivity index (χ1v) is 8.90. The van der Waals surface area contributed by atoms with Crippen molar-refractivity contribution < 1.29 is 4.57 Å². The van der Waals surface area contributed by atoms with Crippen molar-refractivity contribution in [3.8, 4) is 0 Å². The minimum Gasteiger partial charge on any atom is -0.201 e. The van der Waals surface area contributed by atoms with Gasteiger partial charge in [-0.2, -0.15) is 0 Å². The molecule has 2 aromatic rings. The van der Waals surface area contributed by atoms with Gasteiger partial charge < -0.3 is 0 Å². The summed E-state index contributed by atoms with van der Waals surface area (Å²) in [5.74, 6) is 0. The van der Waals surface area contributed by atoms with E-state index in [4.69, 9.17) is 0 Å². The largest absolute Gasteiger partial charge is 0.201 e. The average molecular weight is 296 g/mol. The Hall–Kier alpha value is -1.63. The third-order valence-corrected chi connectivity index (χ3v) is 4.20. The molecule has 22 heavy (non-hydrogen) atoms. The molecule has 0 fully saturated rings. The van der Waals surface area contributed by atoms with E-state index >= 15 is 0 Å². The molecule has 0 atom stereocenters. The molecule has 0 saturated heterocycles. The smallest absolute Gasteiger partial charge is 0.173 e. The molecule has 0 N–H and O–H groups in total. The van der Waals surface area contributed by atoms with E-state index in [9.17, 15) is 0 Å². The van der Waals surface area contributed by atoms with Crippen LogP contribution in [0, 0.1) is 0 Å². The number of pyridine rings is 1. The molecule has 1 nitrogen and oxygen atoms in total. The number of rotatable bonds is 10. The van der Waals surface area contributed by atoms with E-state index in [-0.39, 0.29) is 0 Å². The van der Waals surface area contributed by atoms with Gasteiger partial charge in [0.25, 0.3) is 0 Å². The summed E-state index contributed by atoms with van der Waals surface area (Å²) >= 11 is 0. The lowest BCUT2D eigenvalue weighted by Crippen LogP contribution is -2.33. The van der Waals surface area contributed by atoms with E-state index < -0.39 is 0 Å². The van der Waals surface area contributed by atoms with Crippen LogP contribution in [-0.2, 0) is 13.0 Å². The third-order valence-electron chi connectivity index (χ3n) is 4.20. The van der Waals surface area contributed by atoms with Gasteiger partial charge in [0.15, 0.2) is 18.9 Å². The van der Waals surface area contributed by atoms with Crippen molar-refractivity contribution in [1.82, 2.24) is 0 Å². The second-order valence-electron chi connectivity index (χ2n) is 6.24. The van der Waals surface area contributed by atoms with Gasteiger partial charge in [0.05, 0.1) is 0 Å². The van der Waals surface area contributed by atoms with Gasteiger partial charge in [0, 0.05) is 17.2 Å². The maximum atomic E-state index is 2.31. The Balaban J connectivity index is 1.72. The van der Waals surface area contributed by atoms with Crippen LogP contribution in [0.4, 0.5) is 0 Å². The van der Waals surface area contributed by atoms with E-state index in [1.54, 1.807) is 0 Å². The molecule has 0 aliphatic rings. The molecule has 0 radical (unpaired) electrons. The van der Waals surface area contributed by atoms with Crippen molar-refractivity contribution in [3.05, 3.63) is 66.0 Å². The van der Waals surface area contributed by atoms with Crippen molar-refractivity contribution in [3.63, 3.8) is 0 Å². The normalized spacial score (nSPS) is 10.8. The fourth-order valence-corrected chi connectivity index (χ4v) is 2.90. The molecule has 1 aromatic heterocycles. The summed E-state index contributed by atoms with van der Waals surface area (Å²) in [7, 11) is 0. The van der Waals surface area contributed by atoms with Crippen LogP contribution in [0.2, 0.25) is 0 Å². The third kappa shape index (κ3) is 6.43. The Bertz CT molecular complexity index is 518. The first-order chi connectivity index (χ1) is 10.9. The van der Waals surface area contributed by atoms with Gasteiger partial charge >= 0.3 is 0 Å². The van der Waals surface area contributed by atoms with Gasteiger partial charge in [0.1, 0.15) is 0 Å². The lowest BCUT2D eigenvalue weighted by atomic mass is 10.1. The fourth-order valence-electron chi connectivity index (χ4n) is 2.90. The molecule has 0 bridgehead atoms. The standard InChI is InChI=1S/C21H30N/c1-2-3-4-5-6-7-9-13-21-16-12-17-22(19-21)18-20-14-10-8-11-15-20/h8,10-12,14-17,19H,2-7,9,13,18H2,1H3/q+1. The molecule has 2 rings (SSSR count). The molecule has 0 unspecified atom stereocenters. The highest BCUT2D eigenvalue weighted by Crippen LogP contribution is 2.09. The van der Waals surface area contributed by atoms with Crippen LogP contribution < -0.4 is 4.57 Å². The molecular weight excluding hydrogens is 266 g/mol. The topological polar surface area (TPSA) is 3.88 Å². The summed E-state index contributed by atoms with van der Waals surface area (Å²) < 4.78 is 2.30. The minimum absolute atomic E-state index is 0.964. The Labute approximate surface area is 136 Å². The first-order valence-electron chi connectivity index (χ1n) is 8.90. The lowest BCUT2D eigenvalue weighted by Gasteiger charge is -2.03. The van der Waals surface area contributed by atoms with E-state index in [1.807, 2.05) is 0 Å². The summed E-state index contributed by atoms with van der Waals surface area (Å²) in [6.45, 7) is 3.24. The number of nitrogens with zero attached hydrogens (tertiary/aromatic N) is 1. The maximum absolute atomic E-state index is 2.31. The minimum atomic E-state index is 0.964. The lowest BCUT2D eigenvalue weighted by molar-refractivity contribution is -0.688. The van der Waals surface area contributed by atoms with Gasteiger partial charge in [-0.15, -0.1) is 0 Å². The van der Waals surface area contributed by atoms with Crippen LogP contribution in [0.5, 0.6) is 0 Å². The highest BCUT2D eigenvalue weighted by Gasteiger charge is 2.04. The molecule has 0 aliphatic heterocycles. The Kier molecular flexibility index (Phi) is 7.73. The molecule has 118 valence electrons. The number of aryl methyl sites for hydroxylation is 1. The highest BCUT2D eigenvalue weighted by molar-refractivity contribution is 5.13. The summed E-state index contributed by atoms with van der Waals surface area (Å²) in [5.41, 5.74) is 2.83. The van der Waals surface area contributed by atoms with Crippen molar-refractivity contribution in [2.75, 3.05) is 0 Å². The monoisotopic (exact) mass is 296 g/mol. The number of unbranched alkanes of at least 4 members (excludes halogenated alkanes) is 6. The molecule has 1 aromatic carbocycles.